The molecule has 0 aliphatic carbocycles. The van der Waals surface area contributed by atoms with E-state index in [4.69, 9.17) is 0 Å². The van der Waals surface area contributed by atoms with Gasteiger partial charge in [-0.2, -0.15) is 5.10 Å². The van der Waals surface area contributed by atoms with E-state index in [0.29, 0.717) is 12.1 Å². The number of carbonyl (C=O) groups excluding carboxylic acids is 1. The van der Waals surface area contributed by atoms with Crippen molar-refractivity contribution in [3.05, 3.63) is 50.8 Å². The van der Waals surface area contributed by atoms with Crippen molar-refractivity contribution in [3.8, 4) is 0 Å². The van der Waals surface area contributed by atoms with Crippen LogP contribution in [0.5, 0.6) is 0 Å². The second-order valence-electron chi connectivity index (χ2n) is 6.23. The summed E-state index contributed by atoms with van der Waals surface area (Å²) in [7, 11) is 1.89. The molecule has 0 aliphatic rings. The number of rotatable bonds is 5. The fraction of sp³-hybridized carbons (Fsp3) is 0.412. The average Bonchev–Trinajstić information content (AvgIpc) is 2.75. The van der Waals surface area contributed by atoms with Crippen LogP contribution in [0.2, 0.25) is 0 Å². The number of hydrogen-bond acceptors (Lipinski definition) is 4. The summed E-state index contributed by atoms with van der Waals surface area (Å²) < 4.78 is 1.82. The second-order valence-corrected chi connectivity index (χ2v) is 6.23. The topological polar surface area (TPSA) is 102 Å². The van der Waals surface area contributed by atoms with Gasteiger partial charge in [0.1, 0.15) is 0 Å². The minimum absolute atomic E-state index is 0.0597. The van der Waals surface area contributed by atoms with Gasteiger partial charge in [0.15, 0.2) is 0 Å². The number of nitrogens with zero attached hydrogens (tertiary/aromatic N) is 3. The first-order chi connectivity index (χ1) is 11.7. The first-order valence-electron chi connectivity index (χ1n) is 8.00. The molecule has 2 aromatic rings. The van der Waals surface area contributed by atoms with Crippen molar-refractivity contribution in [2.45, 2.75) is 40.2 Å². The lowest BCUT2D eigenvalue weighted by Gasteiger charge is -2.16. The van der Waals surface area contributed by atoms with Crippen LogP contribution in [0, 0.1) is 30.9 Å². The number of anilines is 1. The molecule has 8 heteroatoms. The van der Waals surface area contributed by atoms with Crippen LogP contribution < -0.4 is 10.6 Å². The van der Waals surface area contributed by atoms with Gasteiger partial charge in [0.25, 0.3) is 5.69 Å². The summed E-state index contributed by atoms with van der Waals surface area (Å²) in [5.74, 6) is 0. The van der Waals surface area contributed by atoms with Crippen LogP contribution in [0.25, 0.3) is 0 Å². The first-order valence-corrected chi connectivity index (χ1v) is 8.00. The zero-order valence-electron chi connectivity index (χ0n) is 15.1. The fourth-order valence-corrected chi connectivity index (χ4v) is 2.71. The maximum Gasteiger partial charge on any atom is 0.319 e. The van der Waals surface area contributed by atoms with Crippen molar-refractivity contribution < 1.29 is 9.72 Å². The molecule has 25 heavy (non-hydrogen) atoms. The number of nitrogens with one attached hydrogen (secondary N) is 2. The summed E-state index contributed by atoms with van der Waals surface area (Å²) in [6.07, 6.45) is 0.660. The van der Waals surface area contributed by atoms with Crippen molar-refractivity contribution in [1.82, 2.24) is 15.1 Å². The van der Waals surface area contributed by atoms with Crippen molar-refractivity contribution in [1.29, 1.82) is 0 Å². The molecule has 0 unspecified atom stereocenters. The number of aryl methyl sites for hydroxylation is 3. The largest absolute Gasteiger partial charge is 0.335 e. The number of urea groups is 1. The molecule has 0 saturated carbocycles. The van der Waals surface area contributed by atoms with Gasteiger partial charge >= 0.3 is 6.03 Å². The third kappa shape index (κ3) is 4.34. The zero-order valence-corrected chi connectivity index (χ0v) is 15.1. The highest BCUT2D eigenvalue weighted by Gasteiger charge is 2.16. The van der Waals surface area contributed by atoms with Crippen molar-refractivity contribution in [3.63, 3.8) is 0 Å². The summed E-state index contributed by atoms with van der Waals surface area (Å²) in [5.41, 5.74) is 4.25. The lowest BCUT2D eigenvalue weighted by Crippen LogP contribution is -2.37. The highest BCUT2D eigenvalue weighted by molar-refractivity contribution is 5.90. The van der Waals surface area contributed by atoms with Gasteiger partial charge in [-0.05, 0) is 45.2 Å². The SMILES string of the molecule is Cc1ccc([N+](=O)[O-])cc1NC(=O)N[C@@H](C)Cc1c(C)nn(C)c1C. The van der Waals surface area contributed by atoms with Crippen LogP contribution >= 0.6 is 0 Å². The highest BCUT2D eigenvalue weighted by Crippen LogP contribution is 2.21. The molecular weight excluding hydrogens is 322 g/mol. The Morgan fingerprint density at radius 1 is 1.36 bits per heavy atom. The van der Waals surface area contributed by atoms with Crippen LogP contribution in [0.1, 0.15) is 29.4 Å². The number of hydrogen-bond donors (Lipinski definition) is 2. The van der Waals surface area contributed by atoms with E-state index in [-0.39, 0.29) is 11.7 Å². The number of amides is 2. The predicted molar refractivity (Wildman–Crippen MR) is 95.8 cm³/mol. The number of benzene rings is 1. The number of non-ortho nitro benzene ring substituents is 1. The third-order valence-electron chi connectivity index (χ3n) is 4.23. The Labute approximate surface area is 146 Å². The summed E-state index contributed by atoms with van der Waals surface area (Å²) >= 11 is 0. The highest BCUT2D eigenvalue weighted by atomic mass is 16.6. The van der Waals surface area contributed by atoms with E-state index in [1.807, 2.05) is 32.5 Å². The molecule has 2 rings (SSSR count). The van der Waals surface area contributed by atoms with Crippen LogP contribution in [0.3, 0.4) is 0 Å². The zero-order chi connectivity index (χ0) is 18.7. The van der Waals surface area contributed by atoms with E-state index < -0.39 is 11.0 Å². The monoisotopic (exact) mass is 345 g/mol. The van der Waals surface area contributed by atoms with Crippen molar-refractivity contribution >= 4 is 17.4 Å². The van der Waals surface area contributed by atoms with Crippen LogP contribution in [0.15, 0.2) is 18.2 Å². The molecule has 134 valence electrons. The average molecular weight is 345 g/mol. The second kappa shape index (κ2) is 7.33. The predicted octanol–water partition coefficient (Wildman–Crippen LogP) is 3.01. The smallest absolute Gasteiger partial charge is 0.319 e. The quantitative estimate of drug-likeness (QED) is 0.642. The number of nitro groups is 1. The molecule has 0 aliphatic heterocycles. The minimum atomic E-state index is -0.487. The Balaban J connectivity index is 2.02. The fourth-order valence-electron chi connectivity index (χ4n) is 2.71. The van der Waals surface area contributed by atoms with Crippen molar-refractivity contribution in [2.24, 2.45) is 7.05 Å². The van der Waals surface area contributed by atoms with E-state index in [9.17, 15) is 14.9 Å². The molecule has 1 aromatic carbocycles. The van der Waals surface area contributed by atoms with Crippen LogP contribution in [0.4, 0.5) is 16.2 Å². The molecular formula is C17H23N5O3. The lowest BCUT2D eigenvalue weighted by atomic mass is 10.1. The third-order valence-corrected chi connectivity index (χ3v) is 4.23. The van der Waals surface area contributed by atoms with E-state index in [1.165, 1.54) is 12.1 Å². The molecule has 0 spiro atoms. The van der Waals surface area contributed by atoms with Gasteiger partial charge in [-0.3, -0.25) is 14.8 Å². The Morgan fingerprint density at radius 3 is 2.60 bits per heavy atom. The van der Waals surface area contributed by atoms with Gasteiger partial charge in [0, 0.05) is 30.9 Å². The lowest BCUT2D eigenvalue weighted by molar-refractivity contribution is -0.384. The minimum Gasteiger partial charge on any atom is -0.335 e. The Bertz CT molecular complexity index is 813. The molecule has 0 fully saturated rings. The molecule has 2 amide bonds. The number of nitro benzene ring substituents is 1. The summed E-state index contributed by atoms with van der Waals surface area (Å²) in [6, 6.07) is 3.87. The number of carbonyl (C=O) groups is 1. The summed E-state index contributed by atoms with van der Waals surface area (Å²) in [5, 5.41) is 20.8. The molecule has 0 saturated heterocycles. The van der Waals surface area contributed by atoms with Gasteiger partial charge < -0.3 is 10.6 Å². The van der Waals surface area contributed by atoms with Gasteiger partial charge in [-0.1, -0.05) is 6.07 Å². The Kier molecular flexibility index (Phi) is 5.41. The summed E-state index contributed by atoms with van der Waals surface area (Å²) in [4.78, 5) is 22.6. The van der Waals surface area contributed by atoms with E-state index in [0.717, 1.165) is 22.5 Å². The summed E-state index contributed by atoms with van der Waals surface area (Å²) in [6.45, 7) is 7.63. The van der Waals surface area contributed by atoms with Crippen molar-refractivity contribution in [2.75, 3.05) is 5.32 Å². The maximum absolute atomic E-state index is 12.2. The molecule has 0 bridgehead atoms. The molecule has 1 heterocycles. The first kappa shape index (κ1) is 18.4. The van der Waals surface area contributed by atoms with Crippen LogP contribution in [-0.4, -0.2) is 26.8 Å². The Morgan fingerprint density at radius 2 is 2.04 bits per heavy atom. The van der Waals surface area contributed by atoms with Crippen LogP contribution in [-0.2, 0) is 13.5 Å². The number of aromatic nitrogens is 2. The van der Waals surface area contributed by atoms with Gasteiger partial charge in [0.2, 0.25) is 0 Å². The maximum atomic E-state index is 12.2. The van der Waals surface area contributed by atoms with Gasteiger partial charge in [0.05, 0.1) is 16.3 Å². The molecule has 0 radical (unpaired) electrons. The molecule has 2 N–H and O–H groups in total. The molecule has 1 aromatic heterocycles. The molecule has 8 nitrogen and oxygen atoms in total. The standard InChI is InChI=1S/C17H23N5O3/c1-10-6-7-14(22(24)25)9-16(10)19-17(23)18-11(2)8-15-12(3)20-21(5)13(15)4/h6-7,9,11H,8H2,1-5H3,(H2,18,19,23)/t11-/m0/s1. The van der Waals surface area contributed by atoms with Gasteiger partial charge in [-0.15, -0.1) is 0 Å². The van der Waals surface area contributed by atoms with Gasteiger partial charge in [-0.25, -0.2) is 4.79 Å². The van der Waals surface area contributed by atoms with E-state index in [1.54, 1.807) is 13.0 Å². The normalized spacial score (nSPS) is 11.9. The molecule has 1 atom stereocenters. The van der Waals surface area contributed by atoms with E-state index >= 15 is 0 Å². The van der Waals surface area contributed by atoms with E-state index in [2.05, 4.69) is 15.7 Å². The Hall–Kier alpha value is -2.90.